The van der Waals surface area contributed by atoms with Crippen molar-refractivity contribution in [1.82, 2.24) is 10.6 Å². The first-order chi connectivity index (χ1) is 9.17. The van der Waals surface area contributed by atoms with Crippen LogP contribution in [0.1, 0.15) is 45.5 Å². The van der Waals surface area contributed by atoms with E-state index in [4.69, 9.17) is 4.74 Å². The summed E-state index contributed by atoms with van der Waals surface area (Å²) < 4.78 is 6.32. The van der Waals surface area contributed by atoms with Crippen molar-refractivity contribution in [2.24, 2.45) is 0 Å². The number of hydrogen-bond acceptors (Lipinski definition) is 4. The fraction of sp³-hybridized carbons (Fsp3) is 0.643. The van der Waals surface area contributed by atoms with Crippen LogP contribution in [0.5, 0.6) is 0 Å². The van der Waals surface area contributed by atoms with Gasteiger partial charge >= 0.3 is 6.09 Å². The SMILES string of the molecule is CC(CNC(=O)OC(C)(C)C)NC(C)c1ccc(Br)s1. The van der Waals surface area contributed by atoms with E-state index in [1.165, 1.54) is 4.88 Å². The summed E-state index contributed by atoms with van der Waals surface area (Å²) >= 11 is 5.17. The van der Waals surface area contributed by atoms with Crippen LogP contribution in [0.15, 0.2) is 15.9 Å². The Morgan fingerprint density at radius 2 is 2.05 bits per heavy atom. The predicted molar refractivity (Wildman–Crippen MR) is 87.3 cm³/mol. The second-order valence-corrected chi connectivity index (χ2v) is 8.31. The number of rotatable bonds is 5. The highest BCUT2D eigenvalue weighted by atomic mass is 79.9. The number of halogens is 1. The largest absolute Gasteiger partial charge is 0.444 e. The van der Waals surface area contributed by atoms with Crippen molar-refractivity contribution in [3.8, 4) is 0 Å². The van der Waals surface area contributed by atoms with Gasteiger partial charge in [0.05, 0.1) is 3.79 Å². The van der Waals surface area contributed by atoms with Gasteiger partial charge in [0, 0.05) is 23.5 Å². The molecule has 0 fully saturated rings. The Balaban J connectivity index is 2.33. The number of ether oxygens (including phenoxy) is 1. The lowest BCUT2D eigenvalue weighted by Gasteiger charge is -2.22. The summed E-state index contributed by atoms with van der Waals surface area (Å²) in [6.07, 6.45) is -0.377. The lowest BCUT2D eigenvalue weighted by Crippen LogP contribution is -2.41. The Hall–Kier alpha value is -0.590. The van der Waals surface area contributed by atoms with Crippen LogP contribution in [0.3, 0.4) is 0 Å². The number of hydrogen-bond donors (Lipinski definition) is 2. The minimum Gasteiger partial charge on any atom is -0.444 e. The average molecular weight is 363 g/mol. The van der Waals surface area contributed by atoms with Gasteiger partial charge in [-0.2, -0.15) is 0 Å². The third-order valence-electron chi connectivity index (χ3n) is 2.51. The molecule has 2 N–H and O–H groups in total. The Morgan fingerprint density at radius 3 is 2.55 bits per heavy atom. The second-order valence-electron chi connectivity index (χ2n) is 5.81. The zero-order valence-corrected chi connectivity index (χ0v) is 15.0. The maximum atomic E-state index is 11.6. The van der Waals surface area contributed by atoms with Gasteiger partial charge in [0.2, 0.25) is 0 Å². The van der Waals surface area contributed by atoms with E-state index in [1.54, 1.807) is 11.3 Å². The van der Waals surface area contributed by atoms with Gasteiger partial charge in [-0.3, -0.25) is 0 Å². The van der Waals surface area contributed by atoms with E-state index in [-0.39, 0.29) is 18.2 Å². The second kappa shape index (κ2) is 7.43. The summed E-state index contributed by atoms with van der Waals surface area (Å²) in [7, 11) is 0. The fourth-order valence-corrected chi connectivity index (χ4v) is 3.11. The van der Waals surface area contributed by atoms with Crippen molar-refractivity contribution in [2.75, 3.05) is 6.54 Å². The van der Waals surface area contributed by atoms with Crippen molar-refractivity contribution in [3.63, 3.8) is 0 Å². The van der Waals surface area contributed by atoms with Crippen molar-refractivity contribution in [3.05, 3.63) is 20.8 Å². The van der Waals surface area contributed by atoms with Gasteiger partial charge in [-0.1, -0.05) is 0 Å². The summed E-state index contributed by atoms with van der Waals surface area (Å²) in [4.78, 5) is 12.8. The Bertz CT molecular complexity index is 443. The minimum atomic E-state index is -0.461. The number of amides is 1. The van der Waals surface area contributed by atoms with E-state index in [9.17, 15) is 4.79 Å². The Kier molecular flexibility index (Phi) is 6.48. The average Bonchev–Trinajstić information content (AvgIpc) is 2.71. The molecule has 1 aromatic heterocycles. The molecular formula is C14H23BrN2O2S. The van der Waals surface area contributed by atoms with E-state index in [1.807, 2.05) is 33.8 Å². The van der Waals surface area contributed by atoms with E-state index in [2.05, 4.69) is 39.6 Å². The van der Waals surface area contributed by atoms with Gasteiger partial charge in [0.1, 0.15) is 5.60 Å². The van der Waals surface area contributed by atoms with Gasteiger partial charge in [0.15, 0.2) is 0 Å². The Labute approximate surface area is 133 Å². The molecule has 2 atom stereocenters. The van der Waals surface area contributed by atoms with Gasteiger partial charge < -0.3 is 15.4 Å². The van der Waals surface area contributed by atoms with Crippen LogP contribution >= 0.6 is 27.3 Å². The quantitative estimate of drug-likeness (QED) is 0.829. The first-order valence-corrected chi connectivity index (χ1v) is 8.26. The van der Waals surface area contributed by atoms with Crippen LogP contribution in [0.4, 0.5) is 4.79 Å². The van der Waals surface area contributed by atoms with Crippen LogP contribution in [0.2, 0.25) is 0 Å². The van der Waals surface area contributed by atoms with Gasteiger partial charge in [-0.15, -0.1) is 11.3 Å². The van der Waals surface area contributed by atoms with Gasteiger partial charge in [0.25, 0.3) is 0 Å². The van der Waals surface area contributed by atoms with E-state index in [0.717, 1.165) is 3.79 Å². The number of carbonyl (C=O) groups excluding carboxylic acids is 1. The van der Waals surface area contributed by atoms with Crippen molar-refractivity contribution in [2.45, 2.75) is 52.3 Å². The molecule has 1 aromatic rings. The molecule has 0 bridgehead atoms. The van der Waals surface area contributed by atoms with E-state index in [0.29, 0.717) is 6.54 Å². The van der Waals surface area contributed by atoms with Gasteiger partial charge in [-0.05, 0) is 62.7 Å². The molecule has 2 unspecified atom stereocenters. The highest BCUT2D eigenvalue weighted by molar-refractivity contribution is 9.11. The highest BCUT2D eigenvalue weighted by Crippen LogP contribution is 2.27. The molecule has 20 heavy (non-hydrogen) atoms. The maximum Gasteiger partial charge on any atom is 0.407 e. The van der Waals surface area contributed by atoms with Crippen LogP contribution in [0.25, 0.3) is 0 Å². The summed E-state index contributed by atoms with van der Waals surface area (Å²) in [5.41, 5.74) is -0.461. The first kappa shape index (κ1) is 17.5. The van der Waals surface area contributed by atoms with Crippen molar-refractivity contribution in [1.29, 1.82) is 0 Å². The third kappa shape index (κ3) is 6.72. The molecule has 0 spiro atoms. The lowest BCUT2D eigenvalue weighted by molar-refractivity contribution is 0.0522. The maximum absolute atomic E-state index is 11.6. The normalized spacial score (nSPS) is 14.7. The predicted octanol–water partition coefficient (Wildman–Crippen LogP) is 4.07. The molecule has 114 valence electrons. The molecule has 0 aliphatic heterocycles. The molecule has 1 amide bonds. The fourth-order valence-electron chi connectivity index (χ4n) is 1.68. The molecule has 0 radical (unpaired) electrons. The summed E-state index contributed by atoms with van der Waals surface area (Å²) in [5, 5.41) is 6.22. The summed E-state index contributed by atoms with van der Waals surface area (Å²) in [6.45, 7) is 10.2. The molecule has 6 heteroatoms. The zero-order valence-electron chi connectivity index (χ0n) is 12.6. The zero-order chi connectivity index (χ0) is 15.3. The molecule has 1 heterocycles. The number of carbonyl (C=O) groups is 1. The van der Waals surface area contributed by atoms with Gasteiger partial charge in [-0.25, -0.2) is 4.79 Å². The van der Waals surface area contributed by atoms with Crippen molar-refractivity contribution < 1.29 is 9.53 Å². The number of nitrogens with one attached hydrogen (secondary N) is 2. The minimum absolute atomic E-state index is 0.165. The number of alkyl carbamates (subject to hydrolysis) is 1. The van der Waals surface area contributed by atoms with Crippen LogP contribution in [0, 0.1) is 0 Å². The summed E-state index contributed by atoms with van der Waals surface area (Å²) in [5.74, 6) is 0. The molecule has 0 saturated heterocycles. The topological polar surface area (TPSA) is 50.4 Å². The summed E-state index contributed by atoms with van der Waals surface area (Å²) in [6, 6.07) is 4.56. The molecule has 4 nitrogen and oxygen atoms in total. The van der Waals surface area contributed by atoms with Crippen molar-refractivity contribution >= 4 is 33.4 Å². The Morgan fingerprint density at radius 1 is 1.40 bits per heavy atom. The smallest absolute Gasteiger partial charge is 0.407 e. The first-order valence-electron chi connectivity index (χ1n) is 6.65. The molecule has 0 aliphatic rings. The third-order valence-corrected chi connectivity index (χ3v) is 4.31. The molecule has 1 rings (SSSR count). The highest BCUT2D eigenvalue weighted by Gasteiger charge is 2.17. The van der Waals surface area contributed by atoms with Crippen LogP contribution < -0.4 is 10.6 Å². The molecular weight excluding hydrogens is 340 g/mol. The standard InChI is InChI=1S/C14H23BrN2O2S/c1-9(8-16-13(18)19-14(3,4)5)17-10(2)11-6-7-12(15)20-11/h6-7,9-10,17H,8H2,1-5H3,(H,16,18). The monoisotopic (exact) mass is 362 g/mol. The van der Waals surface area contributed by atoms with E-state index < -0.39 is 5.60 Å². The molecule has 0 saturated carbocycles. The number of thiophene rings is 1. The van der Waals surface area contributed by atoms with E-state index >= 15 is 0 Å². The van der Waals surface area contributed by atoms with Crippen LogP contribution in [-0.2, 0) is 4.74 Å². The molecule has 0 aromatic carbocycles. The van der Waals surface area contributed by atoms with Crippen LogP contribution in [-0.4, -0.2) is 24.3 Å². The lowest BCUT2D eigenvalue weighted by atomic mass is 10.2. The molecule has 0 aliphatic carbocycles.